The minimum absolute atomic E-state index is 0.0870. The van der Waals surface area contributed by atoms with Crippen molar-refractivity contribution in [3.8, 4) is 0 Å². The first-order valence-electron chi connectivity index (χ1n) is 22.8. The van der Waals surface area contributed by atoms with Crippen molar-refractivity contribution in [3.05, 3.63) is 60.8 Å². The molecule has 1 unspecified atom stereocenters. The summed E-state index contributed by atoms with van der Waals surface area (Å²) in [5.41, 5.74) is 0. The highest BCUT2D eigenvalue weighted by Crippen LogP contribution is 2.13. The first-order valence-corrected chi connectivity index (χ1v) is 22.8. The van der Waals surface area contributed by atoms with Crippen molar-refractivity contribution in [2.45, 2.75) is 219 Å². The Morgan fingerprint density at radius 3 is 1.20 bits per heavy atom. The molecule has 0 spiro atoms. The van der Waals surface area contributed by atoms with Gasteiger partial charge in [0, 0.05) is 19.3 Å². The predicted octanol–water partition coefficient (Wildman–Crippen LogP) is 14.5. The molecule has 0 aliphatic rings. The van der Waals surface area contributed by atoms with Crippen molar-refractivity contribution in [1.82, 2.24) is 0 Å². The van der Waals surface area contributed by atoms with Crippen LogP contribution in [-0.2, 0) is 28.6 Å². The standard InChI is InChI=1S/C49H84O6/c1-4-7-10-13-16-19-22-23-24-25-26-28-30-33-36-39-42-48(51)54-45-46(44-53-47(50)41-38-35-32-29-21-18-15-12-9-6-3)55-49(52)43-40-37-34-31-27-20-17-14-11-8-5-2/h7,10,14,16-17,19,23-24,26,28,46H,4-6,8-9,11-13,15,18,20-22,25,27,29-45H2,1-3H3/b10-7-,17-14-,19-16-,24-23-,28-26-. The average Bonchev–Trinajstić information content (AvgIpc) is 3.18. The third-order valence-corrected chi connectivity index (χ3v) is 9.51. The SMILES string of the molecule is CC/C=C\C/C=C\C/C=C\C/C=C\CCCCCC(=O)OCC(COC(=O)CCCCCCCCCCCC)OC(=O)CCCCCCC/C=C\CCCC. The molecule has 0 saturated carbocycles. The molecular weight excluding hydrogens is 685 g/mol. The Morgan fingerprint density at radius 2 is 0.727 bits per heavy atom. The number of allylic oxidation sites excluding steroid dienone is 10. The minimum atomic E-state index is -0.786. The maximum atomic E-state index is 12.7. The molecule has 0 aromatic rings. The summed E-state index contributed by atoms with van der Waals surface area (Å²) in [5, 5.41) is 0. The van der Waals surface area contributed by atoms with E-state index in [4.69, 9.17) is 14.2 Å². The Hall–Kier alpha value is -2.89. The topological polar surface area (TPSA) is 78.9 Å². The van der Waals surface area contributed by atoms with Crippen LogP contribution in [0.4, 0.5) is 0 Å². The number of rotatable bonds is 40. The second kappa shape index (κ2) is 43.8. The zero-order valence-electron chi connectivity index (χ0n) is 35.9. The van der Waals surface area contributed by atoms with Crippen molar-refractivity contribution >= 4 is 17.9 Å². The van der Waals surface area contributed by atoms with Gasteiger partial charge < -0.3 is 14.2 Å². The van der Waals surface area contributed by atoms with Gasteiger partial charge >= 0.3 is 17.9 Å². The fraction of sp³-hybridized carbons (Fsp3) is 0.735. The van der Waals surface area contributed by atoms with E-state index in [1.807, 2.05) is 0 Å². The molecule has 0 aromatic carbocycles. The molecule has 316 valence electrons. The van der Waals surface area contributed by atoms with E-state index in [0.717, 1.165) is 103 Å². The second-order valence-electron chi connectivity index (χ2n) is 14.9. The molecule has 6 heteroatoms. The summed E-state index contributed by atoms with van der Waals surface area (Å²) < 4.78 is 16.7. The zero-order chi connectivity index (χ0) is 40.1. The Morgan fingerprint density at radius 1 is 0.382 bits per heavy atom. The molecule has 0 aromatic heterocycles. The lowest BCUT2D eigenvalue weighted by molar-refractivity contribution is -0.167. The predicted molar refractivity (Wildman–Crippen MR) is 233 cm³/mol. The lowest BCUT2D eigenvalue weighted by atomic mass is 10.1. The molecule has 1 atom stereocenters. The van der Waals surface area contributed by atoms with Crippen LogP contribution in [0.2, 0.25) is 0 Å². The van der Waals surface area contributed by atoms with Gasteiger partial charge in [-0.05, 0) is 77.0 Å². The number of hydrogen-bond acceptors (Lipinski definition) is 6. The van der Waals surface area contributed by atoms with Crippen LogP contribution in [0.3, 0.4) is 0 Å². The number of carbonyl (C=O) groups is 3. The molecule has 0 aliphatic heterocycles. The number of unbranched alkanes of at least 4 members (excludes halogenated alkanes) is 19. The van der Waals surface area contributed by atoms with Crippen molar-refractivity contribution in [2.75, 3.05) is 13.2 Å². The van der Waals surface area contributed by atoms with Gasteiger partial charge in [-0.1, -0.05) is 178 Å². The molecule has 55 heavy (non-hydrogen) atoms. The van der Waals surface area contributed by atoms with E-state index in [1.165, 1.54) is 70.6 Å². The lowest BCUT2D eigenvalue weighted by Crippen LogP contribution is -2.30. The van der Waals surface area contributed by atoms with E-state index < -0.39 is 6.10 Å². The Kier molecular flexibility index (Phi) is 41.5. The summed E-state index contributed by atoms with van der Waals surface area (Å²) in [6.45, 7) is 6.42. The van der Waals surface area contributed by atoms with Crippen LogP contribution in [0.5, 0.6) is 0 Å². The van der Waals surface area contributed by atoms with E-state index in [9.17, 15) is 14.4 Å². The van der Waals surface area contributed by atoms with Crippen LogP contribution in [0.25, 0.3) is 0 Å². The van der Waals surface area contributed by atoms with Crippen molar-refractivity contribution in [1.29, 1.82) is 0 Å². The van der Waals surface area contributed by atoms with Crippen molar-refractivity contribution in [2.24, 2.45) is 0 Å². The summed E-state index contributed by atoms with van der Waals surface area (Å²) in [6, 6.07) is 0. The lowest BCUT2D eigenvalue weighted by Gasteiger charge is -2.18. The molecule has 0 rings (SSSR count). The van der Waals surface area contributed by atoms with Gasteiger partial charge in [0.05, 0.1) is 0 Å². The number of hydrogen-bond donors (Lipinski definition) is 0. The summed E-state index contributed by atoms with van der Waals surface area (Å²) >= 11 is 0. The normalized spacial score (nSPS) is 12.6. The van der Waals surface area contributed by atoms with Gasteiger partial charge in [-0.2, -0.15) is 0 Å². The third-order valence-electron chi connectivity index (χ3n) is 9.51. The smallest absolute Gasteiger partial charge is 0.306 e. The second-order valence-corrected chi connectivity index (χ2v) is 14.9. The quantitative estimate of drug-likeness (QED) is 0.0267. The highest BCUT2D eigenvalue weighted by molar-refractivity contribution is 5.71. The Labute approximate surface area is 339 Å². The van der Waals surface area contributed by atoms with Gasteiger partial charge in [0.25, 0.3) is 0 Å². The van der Waals surface area contributed by atoms with Crippen LogP contribution < -0.4 is 0 Å². The van der Waals surface area contributed by atoms with Crippen LogP contribution >= 0.6 is 0 Å². The summed E-state index contributed by atoms with van der Waals surface area (Å²) in [7, 11) is 0. The van der Waals surface area contributed by atoms with E-state index in [1.54, 1.807) is 0 Å². The molecule has 0 radical (unpaired) electrons. The van der Waals surface area contributed by atoms with Crippen LogP contribution in [0, 0.1) is 0 Å². The molecular formula is C49H84O6. The van der Waals surface area contributed by atoms with E-state index in [0.29, 0.717) is 19.3 Å². The van der Waals surface area contributed by atoms with Gasteiger partial charge in [-0.25, -0.2) is 0 Å². The number of ether oxygens (including phenoxy) is 3. The number of esters is 3. The Balaban J connectivity index is 4.42. The van der Waals surface area contributed by atoms with Crippen molar-refractivity contribution < 1.29 is 28.6 Å². The van der Waals surface area contributed by atoms with E-state index in [-0.39, 0.29) is 31.1 Å². The zero-order valence-corrected chi connectivity index (χ0v) is 35.9. The van der Waals surface area contributed by atoms with Gasteiger partial charge in [-0.3, -0.25) is 14.4 Å². The Bertz CT molecular complexity index is 1020. The van der Waals surface area contributed by atoms with Crippen molar-refractivity contribution in [3.63, 3.8) is 0 Å². The van der Waals surface area contributed by atoms with Gasteiger partial charge in [0.15, 0.2) is 6.10 Å². The highest BCUT2D eigenvalue weighted by atomic mass is 16.6. The summed E-state index contributed by atoms with van der Waals surface area (Å²) in [6.07, 6.45) is 52.0. The molecule has 6 nitrogen and oxygen atoms in total. The average molecular weight is 769 g/mol. The molecule has 0 saturated heterocycles. The minimum Gasteiger partial charge on any atom is -0.462 e. The molecule has 0 fully saturated rings. The molecule has 0 heterocycles. The maximum absolute atomic E-state index is 12.7. The largest absolute Gasteiger partial charge is 0.462 e. The van der Waals surface area contributed by atoms with E-state index >= 15 is 0 Å². The molecule has 0 N–H and O–H groups in total. The fourth-order valence-corrected chi connectivity index (χ4v) is 6.06. The fourth-order valence-electron chi connectivity index (χ4n) is 6.06. The van der Waals surface area contributed by atoms with Gasteiger partial charge in [0.1, 0.15) is 13.2 Å². The first-order chi connectivity index (χ1) is 27.0. The van der Waals surface area contributed by atoms with E-state index in [2.05, 4.69) is 81.5 Å². The molecule has 0 aliphatic carbocycles. The highest BCUT2D eigenvalue weighted by Gasteiger charge is 2.19. The van der Waals surface area contributed by atoms with Crippen LogP contribution in [0.15, 0.2) is 60.8 Å². The maximum Gasteiger partial charge on any atom is 0.306 e. The third kappa shape index (κ3) is 42.1. The summed E-state index contributed by atoms with van der Waals surface area (Å²) in [4.78, 5) is 37.7. The van der Waals surface area contributed by atoms with Gasteiger partial charge in [0.2, 0.25) is 0 Å². The summed E-state index contributed by atoms with van der Waals surface area (Å²) in [5.74, 6) is -0.934. The van der Waals surface area contributed by atoms with Gasteiger partial charge in [-0.15, -0.1) is 0 Å². The molecule has 0 bridgehead atoms. The molecule has 0 amide bonds. The number of carbonyl (C=O) groups excluding carboxylic acids is 3. The van der Waals surface area contributed by atoms with Crippen LogP contribution in [-0.4, -0.2) is 37.2 Å². The van der Waals surface area contributed by atoms with Crippen LogP contribution in [0.1, 0.15) is 213 Å². The first kappa shape index (κ1) is 52.1. The monoisotopic (exact) mass is 769 g/mol.